The molecule has 1 heterocycles. The van der Waals surface area contributed by atoms with E-state index in [0.717, 1.165) is 0 Å². The third-order valence-corrected chi connectivity index (χ3v) is 3.31. The molecule has 1 rings (SSSR count). The van der Waals surface area contributed by atoms with E-state index in [1.807, 2.05) is 18.9 Å². The third kappa shape index (κ3) is 1.88. The smallest absolute Gasteiger partial charge is 0.307 e. The summed E-state index contributed by atoms with van der Waals surface area (Å²) in [6, 6.07) is -0.0298. The zero-order valence-electron chi connectivity index (χ0n) is 8.78. The molecule has 2 atom stereocenters. The van der Waals surface area contributed by atoms with Crippen molar-refractivity contribution in [1.82, 2.24) is 10.2 Å². The summed E-state index contributed by atoms with van der Waals surface area (Å²) < 4.78 is 38.4. The van der Waals surface area contributed by atoms with Gasteiger partial charge in [-0.1, -0.05) is 0 Å². The van der Waals surface area contributed by atoms with Gasteiger partial charge in [0.1, 0.15) is 5.54 Å². The van der Waals surface area contributed by atoms with Gasteiger partial charge < -0.3 is 10.2 Å². The minimum atomic E-state index is -4.16. The summed E-state index contributed by atoms with van der Waals surface area (Å²) in [4.78, 5) is 1.96. The van der Waals surface area contributed by atoms with Gasteiger partial charge in [-0.25, -0.2) is 0 Å². The largest absolute Gasteiger partial charge is 0.406 e. The van der Waals surface area contributed by atoms with Crippen LogP contribution in [0, 0.1) is 0 Å². The Morgan fingerprint density at radius 3 is 2.36 bits per heavy atom. The molecule has 0 bridgehead atoms. The highest BCUT2D eigenvalue weighted by molar-refractivity contribution is 5.00. The molecule has 0 aliphatic carbocycles. The highest BCUT2D eigenvalue weighted by Gasteiger charge is 2.55. The SMILES string of the molecule is CNC1(C(F)(F)F)CCN(C)C(C)C1. The van der Waals surface area contributed by atoms with Gasteiger partial charge in [0.15, 0.2) is 0 Å². The van der Waals surface area contributed by atoms with Crippen LogP contribution < -0.4 is 5.32 Å². The Labute approximate surface area is 82.5 Å². The van der Waals surface area contributed by atoms with Crippen LogP contribution >= 0.6 is 0 Å². The van der Waals surface area contributed by atoms with E-state index >= 15 is 0 Å². The van der Waals surface area contributed by atoms with Gasteiger partial charge in [0, 0.05) is 12.6 Å². The summed E-state index contributed by atoms with van der Waals surface area (Å²) in [6.07, 6.45) is -3.89. The minimum Gasteiger partial charge on any atom is -0.307 e. The number of alkyl halides is 3. The highest BCUT2D eigenvalue weighted by atomic mass is 19.4. The van der Waals surface area contributed by atoms with E-state index in [1.165, 1.54) is 7.05 Å². The van der Waals surface area contributed by atoms with Crippen LogP contribution in [0.15, 0.2) is 0 Å². The van der Waals surface area contributed by atoms with Crippen LogP contribution in [0.2, 0.25) is 0 Å². The molecule has 84 valence electrons. The number of nitrogens with one attached hydrogen (secondary N) is 1. The zero-order valence-corrected chi connectivity index (χ0v) is 8.78. The van der Waals surface area contributed by atoms with Crippen LogP contribution in [-0.2, 0) is 0 Å². The number of hydrogen-bond acceptors (Lipinski definition) is 2. The lowest BCUT2D eigenvalue weighted by molar-refractivity contribution is -0.210. The Hall–Kier alpha value is -0.290. The van der Waals surface area contributed by atoms with Crippen LogP contribution in [0.3, 0.4) is 0 Å². The van der Waals surface area contributed by atoms with Gasteiger partial charge in [-0.3, -0.25) is 0 Å². The zero-order chi connectivity index (χ0) is 11.0. The Bertz CT molecular complexity index is 205. The van der Waals surface area contributed by atoms with E-state index in [1.54, 1.807) is 0 Å². The first-order valence-corrected chi connectivity index (χ1v) is 4.78. The van der Waals surface area contributed by atoms with Gasteiger partial charge in [0.2, 0.25) is 0 Å². The average molecular weight is 210 g/mol. The first-order valence-electron chi connectivity index (χ1n) is 4.78. The van der Waals surface area contributed by atoms with Crippen molar-refractivity contribution in [2.45, 2.75) is 37.5 Å². The molecule has 0 aromatic carbocycles. The molecule has 5 heteroatoms. The molecular formula is C9H17F3N2. The monoisotopic (exact) mass is 210 g/mol. The fraction of sp³-hybridized carbons (Fsp3) is 1.00. The number of rotatable bonds is 1. The van der Waals surface area contributed by atoms with E-state index in [-0.39, 0.29) is 18.9 Å². The van der Waals surface area contributed by atoms with Crippen LogP contribution in [0.5, 0.6) is 0 Å². The molecule has 0 aromatic heterocycles. The number of nitrogens with zero attached hydrogens (tertiary/aromatic N) is 1. The van der Waals surface area contributed by atoms with E-state index in [4.69, 9.17) is 0 Å². The first-order chi connectivity index (χ1) is 6.32. The molecule has 1 N–H and O–H groups in total. The molecular weight excluding hydrogens is 193 g/mol. The summed E-state index contributed by atoms with van der Waals surface area (Å²) in [7, 11) is 3.26. The van der Waals surface area contributed by atoms with E-state index in [2.05, 4.69) is 5.32 Å². The summed E-state index contributed by atoms with van der Waals surface area (Å²) in [5, 5.41) is 2.46. The summed E-state index contributed by atoms with van der Waals surface area (Å²) in [6.45, 7) is 2.32. The first kappa shape index (κ1) is 11.8. The van der Waals surface area contributed by atoms with Crippen molar-refractivity contribution in [1.29, 1.82) is 0 Å². The van der Waals surface area contributed by atoms with Crippen molar-refractivity contribution in [3.8, 4) is 0 Å². The molecule has 0 amide bonds. The normalized spacial score (nSPS) is 36.0. The van der Waals surface area contributed by atoms with Gasteiger partial charge in [0.05, 0.1) is 0 Å². The maximum atomic E-state index is 12.8. The molecule has 14 heavy (non-hydrogen) atoms. The second kappa shape index (κ2) is 3.70. The lowest BCUT2D eigenvalue weighted by Crippen LogP contribution is -2.62. The molecule has 1 aliphatic heterocycles. The molecule has 1 fully saturated rings. The summed E-state index contributed by atoms with van der Waals surface area (Å²) in [5.41, 5.74) is -1.68. The second-order valence-corrected chi connectivity index (χ2v) is 4.11. The molecule has 0 saturated carbocycles. The number of piperidine rings is 1. The van der Waals surface area contributed by atoms with Crippen molar-refractivity contribution >= 4 is 0 Å². The summed E-state index contributed by atoms with van der Waals surface area (Å²) in [5.74, 6) is 0. The van der Waals surface area contributed by atoms with Gasteiger partial charge in [-0.15, -0.1) is 0 Å². The maximum absolute atomic E-state index is 12.8. The number of hydrogen-bond donors (Lipinski definition) is 1. The lowest BCUT2D eigenvalue weighted by atomic mass is 9.83. The second-order valence-electron chi connectivity index (χ2n) is 4.11. The van der Waals surface area contributed by atoms with E-state index < -0.39 is 11.7 Å². The predicted molar refractivity (Wildman–Crippen MR) is 49.2 cm³/mol. The van der Waals surface area contributed by atoms with E-state index in [9.17, 15) is 13.2 Å². The van der Waals surface area contributed by atoms with Crippen molar-refractivity contribution < 1.29 is 13.2 Å². The summed E-state index contributed by atoms with van der Waals surface area (Å²) >= 11 is 0. The molecule has 2 nitrogen and oxygen atoms in total. The van der Waals surface area contributed by atoms with Crippen molar-refractivity contribution in [3.63, 3.8) is 0 Å². The number of likely N-dealkylation sites (tertiary alicyclic amines) is 1. The third-order valence-electron chi connectivity index (χ3n) is 3.31. The van der Waals surface area contributed by atoms with Crippen molar-refractivity contribution in [2.24, 2.45) is 0 Å². The minimum absolute atomic E-state index is 0.0298. The van der Waals surface area contributed by atoms with Crippen molar-refractivity contribution in [2.75, 3.05) is 20.6 Å². The lowest BCUT2D eigenvalue weighted by Gasteiger charge is -2.45. The Morgan fingerprint density at radius 2 is 2.00 bits per heavy atom. The Balaban J connectivity index is 2.82. The fourth-order valence-corrected chi connectivity index (χ4v) is 1.98. The number of halogens is 3. The van der Waals surface area contributed by atoms with Crippen molar-refractivity contribution in [3.05, 3.63) is 0 Å². The van der Waals surface area contributed by atoms with Crippen LogP contribution in [0.1, 0.15) is 19.8 Å². The topological polar surface area (TPSA) is 15.3 Å². The molecule has 1 aliphatic rings. The predicted octanol–water partition coefficient (Wildman–Crippen LogP) is 1.62. The molecule has 1 saturated heterocycles. The molecule has 2 unspecified atom stereocenters. The van der Waals surface area contributed by atoms with Crippen LogP contribution in [0.25, 0.3) is 0 Å². The quantitative estimate of drug-likeness (QED) is 0.707. The standard InChI is InChI=1S/C9H17F3N2/c1-7-6-8(13-2,9(10,11)12)4-5-14(7)3/h7,13H,4-6H2,1-3H3. The van der Waals surface area contributed by atoms with Crippen LogP contribution in [0.4, 0.5) is 13.2 Å². The Kier molecular flexibility index (Phi) is 3.11. The molecule has 0 aromatic rings. The highest BCUT2D eigenvalue weighted by Crippen LogP contribution is 2.39. The fourth-order valence-electron chi connectivity index (χ4n) is 1.98. The van der Waals surface area contributed by atoms with Gasteiger partial charge in [-0.2, -0.15) is 13.2 Å². The average Bonchev–Trinajstić information content (AvgIpc) is 2.08. The van der Waals surface area contributed by atoms with E-state index in [0.29, 0.717) is 6.54 Å². The molecule has 0 spiro atoms. The van der Waals surface area contributed by atoms with Crippen LogP contribution in [-0.4, -0.2) is 43.3 Å². The Morgan fingerprint density at radius 1 is 1.43 bits per heavy atom. The van der Waals surface area contributed by atoms with Gasteiger partial charge >= 0.3 is 6.18 Å². The van der Waals surface area contributed by atoms with Gasteiger partial charge in [-0.05, 0) is 33.9 Å². The van der Waals surface area contributed by atoms with Gasteiger partial charge in [0.25, 0.3) is 0 Å². The molecule has 0 radical (unpaired) electrons. The maximum Gasteiger partial charge on any atom is 0.406 e.